The van der Waals surface area contributed by atoms with Crippen molar-refractivity contribution in [1.29, 1.82) is 0 Å². The number of hydrogen-bond acceptors (Lipinski definition) is 5. The first-order valence-electron chi connectivity index (χ1n) is 19.1. The highest BCUT2D eigenvalue weighted by Crippen LogP contribution is 2.40. The van der Waals surface area contributed by atoms with Gasteiger partial charge in [-0.05, 0) is 58.6 Å². The molecular weight excluding hydrogens is 631 g/mol. The first kappa shape index (κ1) is 23.0. The van der Waals surface area contributed by atoms with Crippen molar-refractivity contribution in [2.24, 2.45) is 0 Å². The number of benzene rings is 7. The van der Waals surface area contributed by atoms with Crippen LogP contribution in [0.4, 0.5) is 0 Å². The maximum absolute atomic E-state index is 9.48. The molecule has 0 N–H and O–H groups in total. The zero-order chi connectivity index (χ0) is 38.2. The molecule has 3 aromatic heterocycles. The summed E-state index contributed by atoms with van der Waals surface area (Å²) in [5, 5.41) is 2.22. The average Bonchev–Trinajstić information content (AvgIpc) is 3.83. The monoisotopic (exact) mass is 663 g/mol. The first-order valence-corrected chi connectivity index (χ1v) is 16.9. The Balaban J connectivity index is 1.23. The van der Waals surface area contributed by atoms with Gasteiger partial charge < -0.3 is 4.42 Å². The van der Waals surface area contributed by atoms with Crippen molar-refractivity contribution >= 4 is 53.4 Å². The normalized spacial score (nSPS) is 13.3. The van der Waals surface area contributed by atoms with Gasteiger partial charge in [0.05, 0.1) is 8.22 Å². The summed E-state index contributed by atoms with van der Waals surface area (Å²) in [7, 11) is 0. The highest BCUT2D eigenvalue weighted by Gasteiger charge is 2.18. The molecule has 0 aliphatic carbocycles. The van der Waals surface area contributed by atoms with Gasteiger partial charge in [0.25, 0.3) is 0 Å². The van der Waals surface area contributed by atoms with Crippen LogP contribution in [0.3, 0.4) is 0 Å². The van der Waals surface area contributed by atoms with Crippen LogP contribution in [0.2, 0.25) is 0 Å². The quantitative estimate of drug-likeness (QED) is 0.184. The molecule has 5 heteroatoms. The summed E-state index contributed by atoms with van der Waals surface area (Å²) in [6, 6.07) is 39.5. The smallest absolute Gasteiger partial charge is 0.164 e. The van der Waals surface area contributed by atoms with Gasteiger partial charge in [-0.15, -0.1) is 11.3 Å². The summed E-state index contributed by atoms with van der Waals surface area (Å²) in [5.74, 6) is 0.682. The number of thiophene rings is 1. The molecule has 0 amide bonds. The van der Waals surface area contributed by atoms with E-state index in [1.807, 2.05) is 84.9 Å². The fraction of sp³-hybridized carbons (Fsp3) is 0. The van der Waals surface area contributed by atoms with Crippen molar-refractivity contribution in [3.8, 4) is 56.4 Å². The van der Waals surface area contributed by atoms with Crippen molar-refractivity contribution in [2.75, 3.05) is 0 Å². The lowest BCUT2D eigenvalue weighted by atomic mass is 10.0. The molecule has 0 aliphatic heterocycles. The Hall–Kier alpha value is -6.43. The van der Waals surface area contributed by atoms with Crippen LogP contribution in [0.5, 0.6) is 0 Å². The van der Waals surface area contributed by atoms with Gasteiger partial charge in [-0.2, -0.15) is 0 Å². The molecule has 10 aromatic rings. The summed E-state index contributed by atoms with van der Waals surface area (Å²) in [6.07, 6.45) is 0. The first-order chi connectivity index (χ1) is 27.3. The van der Waals surface area contributed by atoms with E-state index < -0.39 is 0 Å². The number of nitrogens with zero attached hydrogens (tertiary/aromatic N) is 3. The van der Waals surface area contributed by atoms with Crippen LogP contribution in [0.1, 0.15) is 8.22 Å². The van der Waals surface area contributed by atoms with Crippen LogP contribution in [0.25, 0.3) is 98.5 Å². The highest BCUT2D eigenvalue weighted by atomic mass is 32.1. The molecule has 0 fully saturated rings. The number of furan rings is 1. The van der Waals surface area contributed by atoms with Crippen molar-refractivity contribution in [3.05, 3.63) is 164 Å². The molecule has 4 nitrogen and oxygen atoms in total. The second-order valence-corrected chi connectivity index (χ2v) is 13.0. The highest BCUT2D eigenvalue weighted by molar-refractivity contribution is 7.25. The maximum atomic E-state index is 9.48. The van der Waals surface area contributed by atoms with Crippen LogP contribution >= 0.6 is 11.3 Å². The minimum absolute atomic E-state index is 0.0166. The zero-order valence-electron chi connectivity index (χ0n) is 32.3. The number of aromatic nitrogens is 3. The summed E-state index contributed by atoms with van der Waals surface area (Å²) < 4.78 is 63.3. The lowest BCUT2D eigenvalue weighted by Gasteiger charge is -2.10. The molecule has 234 valence electrons. The Morgan fingerprint density at radius 1 is 0.420 bits per heavy atom. The number of rotatable bonds is 5. The van der Waals surface area contributed by atoms with Crippen LogP contribution in [0.15, 0.2) is 168 Å². The van der Waals surface area contributed by atoms with Crippen molar-refractivity contribution in [1.82, 2.24) is 15.0 Å². The molecule has 0 unspecified atom stereocenters. The summed E-state index contributed by atoms with van der Waals surface area (Å²) in [5.41, 5.74) is 4.12. The van der Waals surface area contributed by atoms with Gasteiger partial charge >= 0.3 is 0 Å². The molecule has 3 heterocycles. The lowest BCUT2D eigenvalue weighted by molar-refractivity contribution is 0.669. The van der Waals surface area contributed by atoms with Crippen LogP contribution < -0.4 is 0 Å². The molecule has 0 bridgehead atoms. The Morgan fingerprint density at radius 3 is 1.84 bits per heavy atom. The largest absolute Gasteiger partial charge is 0.456 e. The van der Waals surface area contributed by atoms with Crippen LogP contribution in [-0.4, -0.2) is 15.0 Å². The third-order valence-electron chi connectivity index (χ3n) is 8.83. The van der Waals surface area contributed by atoms with Crippen molar-refractivity contribution in [2.45, 2.75) is 0 Å². The Morgan fingerprint density at radius 2 is 1.04 bits per heavy atom. The molecule has 0 saturated heterocycles. The zero-order valence-corrected chi connectivity index (χ0v) is 27.1. The summed E-state index contributed by atoms with van der Waals surface area (Å²) in [6.45, 7) is 0. The number of fused-ring (bicyclic) bond motifs is 6. The van der Waals surface area contributed by atoms with Crippen LogP contribution in [-0.2, 0) is 0 Å². The number of hydrogen-bond donors (Lipinski definition) is 0. The van der Waals surface area contributed by atoms with Crippen molar-refractivity contribution < 1.29 is 12.6 Å². The molecular formula is C45H27N3OS. The van der Waals surface area contributed by atoms with Gasteiger partial charge in [0, 0.05) is 47.6 Å². The van der Waals surface area contributed by atoms with E-state index in [2.05, 4.69) is 18.2 Å². The van der Waals surface area contributed by atoms with Crippen molar-refractivity contribution in [3.63, 3.8) is 0 Å². The predicted octanol–water partition coefficient (Wildman–Crippen LogP) is 12.5. The van der Waals surface area contributed by atoms with Crippen LogP contribution in [0, 0.1) is 0 Å². The molecule has 0 atom stereocenters. The minimum atomic E-state index is -0.325. The van der Waals surface area contributed by atoms with E-state index in [-0.39, 0.29) is 75.1 Å². The van der Waals surface area contributed by atoms with Gasteiger partial charge in [-0.25, -0.2) is 15.0 Å². The standard InChI is InChI=1S/C45H27N3OS/c1-3-10-28(11-4-1)30-18-20-31(21-19-30)43-46-44(48-45(47-43)36-15-9-17-41-42(36)35-14-7-8-16-40(35)50-41)33-22-24-34-37-26-32(29-12-5-2-6-13-29)23-25-38(37)49-39(34)27-33/h1-27H/i22D,23D,24D,25D,26D,27D. The van der Waals surface area contributed by atoms with Gasteiger partial charge in [0.1, 0.15) is 11.2 Å². The van der Waals surface area contributed by atoms with E-state index in [0.717, 1.165) is 36.9 Å². The molecule has 50 heavy (non-hydrogen) atoms. The van der Waals surface area contributed by atoms with E-state index in [1.165, 1.54) is 0 Å². The van der Waals surface area contributed by atoms with Gasteiger partial charge in [-0.1, -0.05) is 127 Å². The van der Waals surface area contributed by atoms with Gasteiger partial charge in [0.15, 0.2) is 17.5 Å². The molecule has 0 radical (unpaired) electrons. The Bertz CT molecular complexity index is 3200. The van der Waals surface area contributed by atoms with E-state index in [9.17, 15) is 5.48 Å². The summed E-state index contributed by atoms with van der Waals surface area (Å²) >= 11 is 1.67. The van der Waals surface area contributed by atoms with E-state index >= 15 is 0 Å². The average molecular weight is 664 g/mol. The fourth-order valence-corrected chi connectivity index (χ4v) is 7.52. The minimum Gasteiger partial charge on any atom is -0.456 e. The maximum Gasteiger partial charge on any atom is 0.164 e. The van der Waals surface area contributed by atoms with E-state index in [4.69, 9.17) is 22.1 Å². The third-order valence-corrected chi connectivity index (χ3v) is 9.96. The molecule has 10 rings (SSSR count). The van der Waals surface area contributed by atoms with E-state index in [0.29, 0.717) is 22.8 Å². The molecule has 0 saturated carbocycles. The van der Waals surface area contributed by atoms with E-state index in [1.54, 1.807) is 35.6 Å². The molecule has 7 aromatic carbocycles. The lowest BCUT2D eigenvalue weighted by Crippen LogP contribution is -2.00. The second kappa shape index (κ2) is 11.6. The fourth-order valence-electron chi connectivity index (χ4n) is 6.39. The second-order valence-electron chi connectivity index (χ2n) is 11.9. The topological polar surface area (TPSA) is 51.8 Å². The Kier molecular flexibility index (Phi) is 5.35. The summed E-state index contributed by atoms with van der Waals surface area (Å²) in [4.78, 5) is 14.8. The van der Waals surface area contributed by atoms with Gasteiger partial charge in [-0.3, -0.25) is 0 Å². The molecule has 0 spiro atoms. The van der Waals surface area contributed by atoms with Gasteiger partial charge in [0.2, 0.25) is 0 Å². The Labute approximate surface area is 300 Å². The molecule has 0 aliphatic rings. The predicted molar refractivity (Wildman–Crippen MR) is 207 cm³/mol. The third kappa shape index (κ3) is 4.87. The SMILES string of the molecule is [2H]c1c(-c2ccccc2)c([2H])c2c(oc3c([2H])c(-c4nc(-c5ccc(-c6ccccc6)cc5)nc(-c5cccc6sc7ccccc7c56)n4)c([2H])c([2H])c32)c1[2H].